The van der Waals surface area contributed by atoms with E-state index in [1.165, 1.54) is 11.1 Å². The Morgan fingerprint density at radius 2 is 2.14 bits per heavy atom. The molecule has 1 amide bonds. The van der Waals surface area contributed by atoms with Gasteiger partial charge in [-0.15, -0.1) is 0 Å². The third-order valence-corrected chi connectivity index (χ3v) is 4.52. The fourth-order valence-corrected chi connectivity index (χ4v) is 2.94. The molecule has 0 aromatic heterocycles. The van der Waals surface area contributed by atoms with Crippen LogP contribution in [0.3, 0.4) is 0 Å². The van der Waals surface area contributed by atoms with E-state index in [4.69, 9.17) is 10.5 Å². The van der Waals surface area contributed by atoms with E-state index in [1.807, 2.05) is 17.0 Å². The second-order valence-electron chi connectivity index (χ2n) is 6.42. The number of hydrogen-bond acceptors (Lipinski definition) is 3. The summed E-state index contributed by atoms with van der Waals surface area (Å²) in [7, 11) is 0. The van der Waals surface area contributed by atoms with E-state index >= 15 is 0 Å². The zero-order valence-corrected chi connectivity index (χ0v) is 14.0. The van der Waals surface area contributed by atoms with Crippen LogP contribution in [-0.2, 0) is 4.79 Å². The van der Waals surface area contributed by atoms with Gasteiger partial charge in [-0.3, -0.25) is 4.79 Å². The standard InChI is InChI=1S/C18H28N2O2/c1-13-6-7-17(11-14(13)2)22-10-4-5-18(21)20-9-8-16(19)12-15(20)3/h6-7,11,15-16H,4-5,8-10,12,19H2,1-3H3. The summed E-state index contributed by atoms with van der Waals surface area (Å²) in [5.41, 5.74) is 8.43. The van der Waals surface area contributed by atoms with Crippen LogP contribution >= 0.6 is 0 Å². The number of aryl methyl sites for hydroxylation is 2. The molecule has 0 bridgehead atoms. The third-order valence-electron chi connectivity index (χ3n) is 4.52. The van der Waals surface area contributed by atoms with E-state index < -0.39 is 0 Å². The third kappa shape index (κ3) is 4.47. The summed E-state index contributed by atoms with van der Waals surface area (Å²) in [6, 6.07) is 6.60. The topological polar surface area (TPSA) is 55.6 Å². The van der Waals surface area contributed by atoms with E-state index in [-0.39, 0.29) is 18.0 Å². The molecular formula is C18H28N2O2. The van der Waals surface area contributed by atoms with Gasteiger partial charge in [0.1, 0.15) is 5.75 Å². The van der Waals surface area contributed by atoms with E-state index in [0.717, 1.165) is 31.6 Å². The van der Waals surface area contributed by atoms with Crippen LogP contribution in [0.4, 0.5) is 0 Å². The molecule has 4 nitrogen and oxygen atoms in total. The van der Waals surface area contributed by atoms with Crippen LogP contribution in [0.5, 0.6) is 5.75 Å². The Morgan fingerprint density at radius 1 is 1.36 bits per heavy atom. The van der Waals surface area contributed by atoms with Gasteiger partial charge in [-0.05, 0) is 63.3 Å². The second kappa shape index (κ2) is 7.63. The highest BCUT2D eigenvalue weighted by Crippen LogP contribution is 2.18. The summed E-state index contributed by atoms with van der Waals surface area (Å²) in [6.07, 6.45) is 3.12. The highest BCUT2D eigenvalue weighted by Gasteiger charge is 2.26. The van der Waals surface area contributed by atoms with Crippen molar-refractivity contribution in [2.24, 2.45) is 5.73 Å². The molecule has 0 saturated carbocycles. The maximum atomic E-state index is 12.3. The molecule has 1 aliphatic rings. The Morgan fingerprint density at radius 3 is 2.82 bits per heavy atom. The lowest BCUT2D eigenvalue weighted by Gasteiger charge is -2.36. The number of nitrogens with two attached hydrogens (primary N) is 1. The van der Waals surface area contributed by atoms with Crippen LogP contribution in [0.25, 0.3) is 0 Å². The van der Waals surface area contributed by atoms with Gasteiger partial charge in [-0.1, -0.05) is 6.07 Å². The molecule has 0 spiro atoms. The zero-order chi connectivity index (χ0) is 16.1. The lowest BCUT2D eigenvalue weighted by Crippen LogP contribution is -2.48. The Balaban J connectivity index is 1.72. The number of nitrogens with zero attached hydrogens (tertiary/aromatic N) is 1. The number of carbonyl (C=O) groups excluding carboxylic acids is 1. The van der Waals surface area contributed by atoms with Crippen molar-refractivity contribution in [3.63, 3.8) is 0 Å². The largest absolute Gasteiger partial charge is 0.494 e. The average Bonchev–Trinajstić information content (AvgIpc) is 2.47. The molecule has 1 fully saturated rings. The molecule has 1 heterocycles. The van der Waals surface area contributed by atoms with Crippen LogP contribution in [0, 0.1) is 13.8 Å². The van der Waals surface area contributed by atoms with Gasteiger partial charge in [0, 0.05) is 25.0 Å². The molecule has 0 radical (unpaired) electrons. The molecule has 2 N–H and O–H groups in total. The quantitative estimate of drug-likeness (QED) is 0.851. The maximum absolute atomic E-state index is 12.3. The first-order valence-corrected chi connectivity index (χ1v) is 8.22. The molecule has 2 atom stereocenters. The van der Waals surface area contributed by atoms with E-state index in [9.17, 15) is 4.79 Å². The van der Waals surface area contributed by atoms with Crippen LogP contribution in [0.15, 0.2) is 18.2 Å². The summed E-state index contributed by atoms with van der Waals surface area (Å²) in [5.74, 6) is 1.11. The van der Waals surface area contributed by atoms with E-state index in [2.05, 4.69) is 26.8 Å². The van der Waals surface area contributed by atoms with Gasteiger partial charge < -0.3 is 15.4 Å². The molecule has 122 valence electrons. The summed E-state index contributed by atoms with van der Waals surface area (Å²) in [6.45, 7) is 7.62. The number of rotatable bonds is 5. The highest BCUT2D eigenvalue weighted by atomic mass is 16.5. The molecule has 1 aromatic rings. The lowest BCUT2D eigenvalue weighted by molar-refractivity contribution is -0.134. The average molecular weight is 304 g/mol. The first-order chi connectivity index (χ1) is 10.5. The number of benzene rings is 1. The Kier molecular flexibility index (Phi) is 5.83. The Hall–Kier alpha value is -1.55. The van der Waals surface area contributed by atoms with Crippen molar-refractivity contribution in [3.8, 4) is 5.75 Å². The molecular weight excluding hydrogens is 276 g/mol. The maximum Gasteiger partial charge on any atom is 0.222 e. The fourth-order valence-electron chi connectivity index (χ4n) is 2.94. The van der Waals surface area contributed by atoms with Crippen LogP contribution in [0.2, 0.25) is 0 Å². The van der Waals surface area contributed by atoms with Crippen molar-refractivity contribution >= 4 is 5.91 Å². The van der Waals surface area contributed by atoms with E-state index in [1.54, 1.807) is 0 Å². The molecule has 2 unspecified atom stereocenters. The second-order valence-corrected chi connectivity index (χ2v) is 6.42. The molecule has 4 heteroatoms. The molecule has 1 aliphatic heterocycles. The highest BCUT2D eigenvalue weighted by molar-refractivity contribution is 5.76. The van der Waals surface area contributed by atoms with Crippen molar-refractivity contribution < 1.29 is 9.53 Å². The van der Waals surface area contributed by atoms with Crippen LogP contribution < -0.4 is 10.5 Å². The smallest absolute Gasteiger partial charge is 0.222 e. The predicted molar refractivity (Wildman–Crippen MR) is 89.0 cm³/mol. The van der Waals surface area contributed by atoms with Crippen LogP contribution in [-0.4, -0.2) is 36.0 Å². The van der Waals surface area contributed by atoms with Crippen LogP contribution in [0.1, 0.15) is 43.7 Å². The van der Waals surface area contributed by atoms with Crippen molar-refractivity contribution in [2.45, 2.75) is 58.5 Å². The van der Waals surface area contributed by atoms with Gasteiger partial charge in [0.25, 0.3) is 0 Å². The molecule has 1 aromatic carbocycles. The van der Waals surface area contributed by atoms with E-state index in [0.29, 0.717) is 13.0 Å². The molecule has 22 heavy (non-hydrogen) atoms. The summed E-state index contributed by atoms with van der Waals surface area (Å²) in [4.78, 5) is 14.2. The molecule has 0 aliphatic carbocycles. The Labute approximate surface area is 133 Å². The van der Waals surface area contributed by atoms with Crippen molar-refractivity contribution in [3.05, 3.63) is 29.3 Å². The van der Waals surface area contributed by atoms with Gasteiger partial charge in [-0.2, -0.15) is 0 Å². The zero-order valence-electron chi connectivity index (χ0n) is 14.0. The summed E-state index contributed by atoms with van der Waals surface area (Å²) >= 11 is 0. The fraction of sp³-hybridized carbons (Fsp3) is 0.611. The Bertz CT molecular complexity index is 516. The number of ether oxygens (including phenoxy) is 1. The van der Waals surface area contributed by atoms with Gasteiger partial charge in [0.05, 0.1) is 6.61 Å². The minimum Gasteiger partial charge on any atom is -0.494 e. The first-order valence-electron chi connectivity index (χ1n) is 8.22. The predicted octanol–water partition coefficient (Wildman–Crippen LogP) is 2.80. The SMILES string of the molecule is Cc1ccc(OCCCC(=O)N2CCC(N)CC2C)cc1C. The van der Waals surface area contributed by atoms with Crippen molar-refractivity contribution in [1.29, 1.82) is 0 Å². The van der Waals surface area contributed by atoms with Crippen molar-refractivity contribution in [2.75, 3.05) is 13.2 Å². The van der Waals surface area contributed by atoms with Gasteiger partial charge >= 0.3 is 0 Å². The van der Waals surface area contributed by atoms with Gasteiger partial charge in [0.2, 0.25) is 5.91 Å². The normalized spacial score (nSPS) is 21.7. The summed E-state index contributed by atoms with van der Waals surface area (Å²) < 4.78 is 5.73. The summed E-state index contributed by atoms with van der Waals surface area (Å²) in [5, 5.41) is 0. The number of carbonyl (C=O) groups is 1. The number of piperidine rings is 1. The van der Waals surface area contributed by atoms with Crippen molar-refractivity contribution in [1.82, 2.24) is 4.90 Å². The number of hydrogen-bond donors (Lipinski definition) is 1. The van der Waals surface area contributed by atoms with Gasteiger partial charge in [-0.25, -0.2) is 0 Å². The number of likely N-dealkylation sites (tertiary alicyclic amines) is 1. The number of amides is 1. The van der Waals surface area contributed by atoms with Gasteiger partial charge in [0.15, 0.2) is 0 Å². The minimum atomic E-state index is 0.225. The lowest BCUT2D eigenvalue weighted by atomic mass is 9.98. The minimum absolute atomic E-state index is 0.225. The monoisotopic (exact) mass is 304 g/mol. The molecule has 2 rings (SSSR count). The first kappa shape index (κ1) is 16.8. The molecule has 1 saturated heterocycles.